The second-order valence-electron chi connectivity index (χ2n) is 4.10. The Balaban J connectivity index is 2.19. The van der Waals surface area contributed by atoms with Gasteiger partial charge in [0.1, 0.15) is 5.00 Å². The van der Waals surface area contributed by atoms with Crippen molar-refractivity contribution in [2.75, 3.05) is 11.9 Å². The number of nitrogens with zero attached hydrogens (tertiary/aromatic N) is 2. The molecule has 1 amide bonds. The molecule has 0 aliphatic heterocycles. The SMILES string of the molecule is Cc1cc(C#CCCO)cc(C(=O)Nc2cnns2)c1. The summed E-state index contributed by atoms with van der Waals surface area (Å²) in [6.45, 7) is 1.94. The van der Waals surface area contributed by atoms with Crippen LogP contribution in [0.3, 0.4) is 0 Å². The number of aryl methyl sites for hydroxylation is 1. The number of anilines is 1. The lowest BCUT2D eigenvalue weighted by atomic mass is 10.1. The molecule has 1 aromatic heterocycles. The van der Waals surface area contributed by atoms with Crippen molar-refractivity contribution in [2.45, 2.75) is 13.3 Å². The summed E-state index contributed by atoms with van der Waals surface area (Å²) in [4.78, 5) is 12.1. The summed E-state index contributed by atoms with van der Waals surface area (Å²) < 4.78 is 3.68. The molecular formula is C14H13N3O2S. The number of aliphatic hydroxyl groups is 1. The van der Waals surface area contributed by atoms with Gasteiger partial charge in [0.25, 0.3) is 5.91 Å². The largest absolute Gasteiger partial charge is 0.395 e. The zero-order chi connectivity index (χ0) is 14.4. The third kappa shape index (κ3) is 3.88. The first-order valence-corrected chi connectivity index (χ1v) is 6.76. The summed E-state index contributed by atoms with van der Waals surface area (Å²) in [6.07, 6.45) is 1.92. The molecule has 0 aliphatic carbocycles. The number of benzene rings is 1. The zero-order valence-corrected chi connectivity index (χ0v) is 11.7. The van der Waals surface area contributed by atoms with Gasteiger partial charge in [-0.2, -0.15) is 0 Å². The van der Waals surface area contributed by atoms with Crippen LogP contribution in [0.5, 0.6) is 0 Å². The molecule has 0 unspecified atom stereocenters. The number of amides is 1. The van der Waals surface area contributed by atoms with Gasteiger partial charge >= 0.3 is 0 Å². The number of hydrogen-bond acceptors (Lipinski definition) is 5. The highest BCUT2D eigenvalue weighted by molar-refractivity contribution is 7.10. The summed E-state index contributed by atoms with van der Waals surface area (Å²) >= 11 is 1.12. The second-order valence-corrected chi connectivity index (χ2v) is 4.88. The fourth-order valence-electron chi connectivity index (χ4n) is 1.61. The van der Waals surface area contributed by atoms with Crippen molar-refractivity contribution in [1.82, 2.24) is 9.59 Å². The molecule has 2 N–H and O–H groups in total. The van der Waals surface area contributed by atoms with Gasteiger partial charge in [0, 0.05) is 29.1 Å². The smallest absolute Gasteiger partial charge is 0.256 e. The van der Waals surface area contributed by atoms with E-state index in [1.54, 1.807) is 12.1 Å². The van der Waals surface area contributed by atoms with Crippen molar-refractivity contribution in [3.05, 3.63) is 41.1 Å². The summed E-state index contributed by atoms with van der Waals surface area (Å²) in [5.41, 5.74) is 2.24. The molecule has 0 radical (unpaired) electrons. The molecule has 0 atom stereocenters. The van der Waals surface area contributed by atoms with Crippen LogP contribution in [0.4, 0.5) is 5.00 Å². The van der Waals surface area contributed by atoms with Crippen molar-refractivity contribution < 1.29 is 9.90 Å². The molecule has 1 aromatic carbocycles. The maximum atomic E-state index is 12.1. The van der Waals surface area contributed by atoms with Gasteiger partial charge in [-0.25, -0.2) is 0 Å². The summed E-state index contributed by atoms with van der Waals surface area (Å²) in [5, 5.41) is 15.7. The highest BCUT2D eigenvalue weighted by atomic mass is 32.1. The maximum absolute atomic E-state index is 12.1. The molecule has 5 nitrogen and oxygen atoms in total. The average Bonchev–Trinajstić information content (AvgIpc) is 2.91. The molecule has 2 rings (SSSR count). The molecule has 2 aromatic rings. The molecule has 20 heavy (non-hydrogen) atoms. The van der Waals surface area contributed by atoms with Crippen LogP contribution in [-0.2, 0) is 0 Å². The minimum absolute atomic E-state index is 0.0323. The van der Waals surface area contributed by atoms with E-state index in [2.05, 4.69) is 26.7 Å². The number of nitrogens with one attached hydrogen (secondary N) is 1. The molecule has 6 heteroatoms. The fourth-order valence-corrected chi connectivity index (χ4v) is 2.03. The van der Waals surface area contributed by atoms with E-state index in [1.165, 1.54) is 6.20 Å². The first-order valence-electron chi connectivity index (χ1n) is 5.99. The Labute approximate surface area is 120 Å². The van der Waals surface area contributed by atoms with Gasteiger partial charge in [0.15, 0.2) is 0 Å². The minimum Gasteiger partial charge on any atom is -0.395 e. The van der Waals surface area contributed by atoms with Crippen LogP contribution in [0.2, 0.25) is 0 Å². The lowest BCUT2D eigenvalue weighted by Gasteiger charge is -2.04. The van der Waals surface area contributed by atoms with Crippen LogP contribution >= 0.6 is 11.5 Å². The normalized spacial score (nSPS) is 9.70. The number of carbonyl (C=O) groups is 1. The van der Waals surface area contributed by atoms with E-state index < -0.39 is 0 Å². The van der Waals surface area contributed by atoms with Crippen LogP contribution in [0.1, 0.15) is 27.9 Å². The Kier molecular flexibility index (Phi) is 4.82. The molecule has 102 valence electrons. The Bertz CT molecular complexity index is 657. The van der Waals surface area contributed by atoms with E-state index in [9.17, 15) is 4.79 Å². The third-order valence-electron chi connectivity index (χ3n) is 2.41. The van der Waals surface area contributed by atoms with Crippen LogP contribution in [0.15, 0.2) is 24.4 Å². The standard InChI is InChI=1S/C14H13N3O2S/c1-10-6-11(4-2-3-5-18)8-12(7-10)14(19)16-13-9-15-17-20-13/h6-9,18H,3,5H2,1H3,(H,16,19). The van der Waals surface area contributed by atoms with Crippen molar-refractivity contribution in [2.24, 2.45) is 0 Å². The van der Waals surface area contributed by atoms with E-state index in [-0.39, 0.29) is 12.5 Å². The predicted octanol–water partition coefficient (Wildman–Crippen LogP) is 1.83. The van der Waals surface area contributed by atoms with Gasteiger partial charge in [0.2, 0.25) is 0 Å². The Hall–Kier alpha value is -2.23. The first kappa shape index (κ1) is 14.2. The quantitative estimate of drug-likeness (QED) is 0.845. The second kappa shape index (κ2) is 6.80. The van der Waals surface area contributed by atoms with Crippen LogP contribution in [0.25, 0.3) is 0 Å². The van der Waals surface area contributed by atoms with Gasteiger partial charge in [-0.15, -0.1) is 5.10 Å². The molecule has 1 heterocycles. The average molecular weight is 287 g/mol. The van der Waals surface area contributed by atoms with E-state index in [0.717, 1.165) is 22.7 Å². The highest BCUT2D eigenvalue weighted by Crippen LogP contribution is 2.14. The van der Waals surface area contributed by atoms with Crippen molar-refractivity contribution in [3.63, 3.8) is 0 Å². The monoisotopic (exact) mass is 287 g/mol. The topological polar surface area (TPSA) is 75.1 Å². The first-order chi connectivity index (χ1) is 9.69. The highest BCUT2D eigenvalue weighted by Gasteiger charge is 2.08. The number of hydrogen-bond donors (Lipinski definition) is 2. The van der Waals surface area contributed by atoms with E-state index in [1.807, 2.05) is 13.0 Å². The Morgan fingerprint density at radius 3 is 3.00 bits per heavy atom. The summed E-state index contributed by atoms with van der Waals surface area (Å²) in [6, 6.07) is 5.41. The number of rotatable bonds is 3. The van der Waals surface area contributed by atoms with Gasteiger partial charge < -0.3 is 10.4 Å². The molecule has 0 bridgehead atoms. The lowest BCUT2D eigenvalue weighted by Crippen LogP contribution is -2.11. The van der Waals surface area contributed by atoms with Gasteiger partial charge in [0.05, 0.1) is 12.8 Å². The number of carbonyl (C=O) groups excluding carboxylic acids is 1. The predicted molar refractivity (Wildman–Crippen MR) is 77.6 cm³/mol. The van der Waals surface area contributed by atoms with Gasteiger partial charge in [-0.1, -0.05) is 16.3 Å². The molecule has 0 fully saturated rings. The minimum atomic E-state index is -0.218. The molecule has 0 aliphatic rings. The number of aliphatic hydroxyl groups excluding tert-OH is 1. The molecule has 0 spiro atoms. The van der Waals surface area contributed by atoms with Gasteiger partial charge in [-0.3, -0.25) is 4.79 Å². The molecular weight excluding hydrogens is 274 g/mol. The van der Waals surface area contributed by atoms with Crippen LogP contribution in [-0.4, -0.2) is 27.2 Å². The van der Waals surface area contributed by atoms with E-state index in [4.69, 9.17) is 5.11 Å². The third-order valence-corrected chi connectivity index (χ3v) is 2.99. The molecule has 0 saturated heterocycles. The Morgan fingerprint density at radius 1 is 1.45 bits per heavy atom. The van der Waals surface area contributed by atoms with Crippen molar-refractivity contribution in [3.8, 4) is 11.8 Å². The Morgan fingerprint density at radius 2 is 2.30 bits per heavy atom. The summed E-state index contributed by atoms with van der Waals surface area (Å²) in [7, 11) is 0. The number of aromatic nitrogens is 2. The van der Waals surface area contributed by atoms with Gasteiger partial charge in [-0.05, 0) is 30.7 Å². The van der Waals surface area contributed by atoms with Crippen molar-refractivity contribution in [1.29, 1.82) is 0 Å². The van der Waals surface area contributed by atoms with Crippen LogP contribution in [0, 0.1) is 18.8 Å². The van der Waals surface area contributed by atoms with E-state index in [0.29, 0.717) is 17.0 Å². The lowest BCUT2D eigenvalue weighted by molar-refractivity contribution is 0.102. The fraction of sp³-hybridized carbons (Fsp3) is 0.214. The summed E-state index contributed by atoms with van der Waals surface area (Å²) in [5.74, 6) is 5.55. The van der Waals surface area contributed by atoms with E-state index >= 15 is 0 Å². The maximum Gasteiger partial charge on any atom is 0.256 e. The van der Waals surface area contributed by atoms with Crippen LogP contribution < -0.4 is 5.32 Å². The zero-order valence-electron chi connectivity index (χ0n) is 10.9. The van der Waals surface area contributed by atoms with Crippen molar-refractivity contribution >= 4 is 22.4 Å². The molecule has 0 saturated carbocycles.